The van der Waals surface area contributed by atoms with Gasteiger partial charge in [-0.2, -0.15) is 0 Å². The Morgan fingerprint density at radius 3 is 2.92 bits per heavy atom. The van der Waals surface area contributed by atoms with Gasteiger partial charge in [0.25, 0.3) is 5.91 Å². The van der Waals surface area contributed by atoms with Gasteiger partial charge in [0.1, 0.15) is 5.69 Å². The van der Waals surface area contributed by atoms with Crippen LogP contribution < -0.4 is 10.8 Å². The summed E-state index contributed by atoms with van der Waals surface area (Å²) in [5.41, 5.74) is 5.83. The standard InChI is InChI=1S/C18H19ClN4O3/c1-11-3-4-14(13(19)9-11)21-16-12-10-20-6-5-15(12)23(2)17(16)18(25)22-26-8-7-24/h3-6,9-10,21,24H,7-8H2,1-2H3,(H,22,25). The molecule has 26 heavy (non-hydrogen) atoms. The topological polar surface area (TPSA) is 88.4 Å². The zero-order chi connectivity index (χ0) is 18.7. The number of anilines is 2. The first-order valence-electron chi connectivity index (χ1n) is 8.01. The van der Waals surface area contributed by atoms with Crippen molar-refractivity contribution in [3.8, 4) is 0 Å². The van der Waals surface area contributed by atoms with E-state index in [0.29, 0.717) is 22.1 Å². The summed E-state index contributed by atoms with van der Waals surface area (Å²) in [6, 6.07) is 7.46. The number of hydroxylamine groups is 1. The third-order valence-electron chi connectivity index (χ3n) is 3.96. The molecule has 2 aromatic heterocycles. The van der Waals surface area contributed by atoms with Gasteiger partial charge in [-0.15, -0.1) is 0 Å². The van der Waals surface area contributed by atoms with Crippen molar-refractivity contribution in [2.24, 2.45) is 7.05 Å². The van der Waals surface area contributed by atoms with Crippen molar-refractivity contribution in [1.82, 2.24) is 15.0 Å². The fourth-order valence-corrected chi connectivity index (χ4v) is 3.03. The highest BCUT2D eigenvalue weighted by atomic mass is 35.5. The van der Waals surface area contributed by atoms with Crippen LogP contribution in [0, 0.1) is 6.92 Å². The number of aromatic nitrogens is 2. The first-order chi connectivity index (χ1) is 12.5. The van der Waals surface area contributed by atoms with E-state index in [2.05, 4.69) is 15.8 Å². The second-order valence-electron chi connectivity index (χ2n) is 5.79. The minimum Gasteiger partial charge on any atom is -0.394 e. The Morgan fingerprint density at radius 1 is 1.38 bits per heavy atom. The number of benzene rings is 1. The number of fused-ring (bicyclic) bond motifs is 1. The fourth-order valence-electron chi connectivity index (χ4n) is 2.75. The van der Waals surface area contributed by atoms with Crippen LogP contribution >= 0.6 is 11.6 Å². The summed E-state index contributed by atoms with van der Waals surface area (Å²) >= 11 is 6.33. The number of carbonyl (C=O) groups excluding carboxylic acids is 1. The van der Waals surface area contributed by atoms with E-state index < -0.39 is 5.91 Å². The molecular formula is C18H19ClN4O3. The summed E-state index contributed by atoms with van der Waals surface area (Å²) in [4.78, 5) is 21.7. The first kappa shape index (κ1) is 18.2. The first-order valence-corrected chi connectivity index (χ1v) is 8.39. The van der Waals surface area contributed by atoms with Crippen LogP contribution in [-0.2, 0) is 11.9 Å². The van der Waals surface area contributed by atoms with Crippen LogP contribution in [-0.4, -0.2) is 33.8 Å². The van der Waals surface area contributed by atoms with Crippen molar-refractivity contribution in [1.29, 1.82) is 0 Å². The zero-order valence-electron chi connectivity index (χ0n) is 14.4. The van der Waals surface area contributed by atoms with Crippen molar-refractivity contribution in [3.63, 3.8) is 0 Å². The number of hydrogen-bond donors (Lipinski definition) is 3. The Morgan fingerprint density at radius 2 is 2.19 bits per heavy atom. The summed E-state index contributed by atoms with van der Waals surface area (Å²) in [6.45, 7) is 1.77. The lowest BCUT2D eigenvalue weighted by molar-refractivity contribution is 0.0163. The van der Waals surface area contributed by atoms with Gasteiger partial charge in [0.15, 0.2) is 0 Å². The smallest absolute Gasteiger partial charge is 0.293 e. The number of aliphatic hydroxyl groups excluding tert-OH is 1. The fraction of sp³-hybridized carbons (Fsp3) is 0.222. The van der Waals surface area contributed by atoms with E-state index in [-0.39, 0.29) is 13.2 Å². The third-order valence-corrected chi connectivity index (χ3v) is 4.27. The molecule has 0 unspecified atom stereocenters. The number of aryl methyl sites for hydroxylation is 2. The Balaban J connectivity index is 2.07. The zero-order valence-corrected chi connectivity index (χ0v) is 15.2. The molecule has 0 fully saturated rings. The predicted octanol–water partition coefficient (Wildman–Crippen LogP) is 2.93. The average Bonchev–Trinajstić information content (AvgIpc) is 2.90. The minimum absolute atomic E-state index is 0.00376. The lowest BCUT2D eigenvalue weighted by atomic mass is 10.2. The Labute approximate surface area is 155 Å². The van der Waals surface area contributed by atoms with Gasteiger partial charge < -0.3 is 15.0 Å². The normalized spacial score (nSPS) is 10.9. The van der Waals surface area contributed by atoms with Gasteiger partial charge in [0, 0.05) is 24.8 Å². The number of halogens is 1. The highest BCUT2D eigenvalue weighted by molar-refractivity contribution is 6.33. The van der Waals surface area contributed by atoms with Crippen molar-refractivity contribution in [2.45, 2.75) is 6.92 Å². The monoisotopic (exact) mass is 374 g/mol. The van der Waals surface area contributed by atoms with Crippen LogP contribution in [0.2, 0.25) is 5.02 Å². The van der Waals surface area contributed by atoms with Gasteiger partial charge in [-0.3, -0.25) is 14.6 Å². The predicted molar refractivity (Wildman–Crippen MR) is 101 cm³/mol. The number of carbonyl (C=O) groups is 1. The van der Waals surface area contributed by atoms with Crippen LogP contribution in [0.3, 0.4) is 0 Å². The van der Waals surface area contributed by atoms with E-state index in [1.54, 1.807) is 24.0 Å². The molecular weight excluding hydrogens is 356 g/mol. The van der Waals surface area contributed by atoms with E-state index in [4.69, 9.17) is 21.5 Å². The van der Waals surface area contributed by atoms with Crippen molar-refractivity contribution in [2.75, 3.05) is 18.5 Å². The molecule has 8 heteroatoms. The van der Waals surface area contributed by atoms with Crippen LogP contribution in [0.4, 0.5) is 11.4 Å². The Kier molecular flexibility index (Phi) is 5.41. The molecule has 0 atom stereocenters. The molecule has 136 valence electrons. The van der Waals surface area contributed by atoms with Gasteiger partial charge in [-0.25, -0.2) is 5.48 Å². The maximum absolute atomic E-state index is 12.6. The summed E-state index contributed by atoms with van der Waals surface area (Å²) in [6.07, 6.45) is 3.35. The maximum Gasteiger partial charge on any atom is 0.293 e. The highest BCUT2D eigenvalue weighted by Gasteiger charge is 2.22. The summed E-state index contributed by atoms with van der Waals surface area (Å²) < 4.78 is 1.75. The van der Waals surface area contributed by atoms with Gasteiger partial charge in [0.2, 0.25) is 0 Å². The second kappa shape index (κ2) is 7.74. The molecule has 0 bridgehead atoms. The van der Waals surface area contributed by atoms with Gasteiger partial charge in [-0.05, 0) is 30.7 Å². The molecule has 0 radical (unpaired) electrons. The molecule has 1 amide bonds. The quantitative estimate of drug-likeness (QED) is 0.456. The molecule has 2 heterocycles. The van der Waals surface area contributed by atoms with E-state index in [9.17, 15) is 4.79 Å². The number of nitrogens with zero attached hydrogens (tertiary/aromatic N) is 2. The Bertz CT molecular complexity index is 955. The molecule has 7 nitrogen and oxygen atoms in total. The molecule has 3 N–H and O–H groups in total. The number of pyridine rings is 1. The van der Waals surface area contributed by atoms with E-state index in [1.807, 2.05) is 31.2 Å². The third kappa shape index (κ3) is 3.50. The van der Waals surface area contributed by atoms with Gasteiger partial charge in [0.05, 0.1) is 35.1 Å². The molecule has 3 aromatic rings. The molecule has 0 aliphatic heterocycles. The molecule has 3 rings (SSSR count). The van der Waals surface area contributed by atoms with Crippen LogP contribution in [0.5, 0.6) is 0 Å². The maximum atomic E-state index is 12.6. The molecule has 0 saturated carbocycles. The minimum atomic E-state index is -0.442. The van der Waals surface area contributed by atoms with Crippen molar-refractivity contribution in [3.05, 3.63) is 52.9 Å². The van der Waals surface area contributed by atoms with Crippen LogP contribution in [0.1, 0.15) is 16.1 Å². The van der Waals surface area contributed by atoms with Crippen LogP contribution in [0.25, 0.3) is 10.9 Å². The summed E-state index contributed by atoms with van der Waals surface area (Å²) in [5, 5.41) is 13.4. The number of aliphatic hydroxyl groups is 1. The average molecular weight is 375 g/mol. The van der Waals surface area contributed by atoms with E-state index >= 15 is 0 Å². The van der Waals surface area contributed by atoms with Gasteiger partial charge in [-0.1, -0.05) is 17.7 Å². The lowest BCUT2D eigenvalue weighted by Crippen LogP contribution is -2.27. The molecule has 0 aliphatic rings. The van der Waals surface area contributed by atoms with E-state index in [0.717, 1.165) is 16.5 Å². The van der Waals surface area contributed by atoms with E-state index in [1.165, 1.54) is 0 Å². The van der Waals surface area contributed by atoms with Crippen LogP contribution in [0.15, 0.2) is 36.7 Å². The number of rotatable bonds is 6. The largest absolute Gasteiger partial charge is 0.394 e. The molecule has 1 aromatic carbocycles. The number of hydrogen-bond acceptors (Lipinski definition) is 5. The number of nitrogens with one attached hydrogen (secondary N) is 2. The summed E-state index contributed by atoms with van der Waals surface area (Å²) in [7, 11) is 1.78. The second-order valence-corrected chi connectivity index (χ2v) is 6.19. The lowest BCUT2D eigenvalue weighted by Gasteiger charge is -2.12. The summed E-state index contributed by atoms with van der Waals surface area (Å²) in [5.74, 6) is -0.442. The molecule has 0 aliphatic carbocycles. The molecule has 0 saturated heterocycles. The molecule has 0 spiro atoms. The SMILES string of the molecule is Cc1ccc(Nc2c(C(=O)NOCCO)n(C)c3ccncc23)c(Cl)c1. The number of amides is 1. The van der Waals surface area contributed by atoms with Crippen molar-refractivity contribution >= 4 is 39.8 Å². The van der Waals surface area contributed by atoms with Gasteiger partial charge >= 0.3 is 0 Å². The van der Waals surface area contributed by atoms with Crippen molar-refractivity contribution < 1.29 is 14.7 Å². The Hall–Kier alpha value is -2.61. The highest BCUT2D eigenvalue weighted by Crippen LogP contribution is 2.34.